The average molecular weight is 251 g/mol. The first kappa shape index (κ1) is 12.8. The van der Waals surface area contributed by atoms with Gasteiger partial charge in [-0.05, 0) is 12.1 Å². The number of carbonyl (C=O) groups is 1. The number of anilines is 1. The van der Waals surface area contributed by atoms with Gasteiger partial charge in [-0.3, -0.25) is 9.78 Å². The molecule has 2 heterocycles. The van der Waals surface area contributed by atoms with Crippen molar-refractivity contribution >= 4 is 11.6 Å². The first-order valence-electron chi connectivity index (χ1n) is 5.91. The second-order valence-electron chi connectivity index (χ2n) is 3.96. The number of aromatic nitrogens is 1. The minimum Gasteiger partial charge on any atom is -0.382 e. The summed E-state index contributed by atoms with van der Waals surface area (Å²) in [7, 11) is 1.58. The van der Waals surface area contributed by atoms with Crippen LogP contribution in [0.1, 0.15) is 10.5 Å². The molecule has 2 rings (SSSR count). The van der Waals surface area contributed by atoms with Crippen molar-refractivity contribution < 1.29 is 14.3 Å². The predicted molar refractivity (Wildman–Crippen MR) is 66.7 cm³/mol. The summed E-state index contributed by atoms with van der Waals surface area (Å²) in [5.74, 6) is -0.198. The lowest BCUT2D eigenvalue weighted by Crippen LogP contribution is -2.34. The Morgan fingerprint density at radius 1 is 1.56 bits per heavy atom. The van der Waals surface area contributed by atoms with Gasteiger partial charge in [0.2, 0.25) is 0 Å². The summed E-state index contributed by atoms with van der Waals surface area (Å²) in [5.41, 5.74) is 1.24. The zero-order chi connectivity index (χ0) is 12.8. The van der Waals surface area contributed by atoms with E-state index in [0.29, 0.717) is 32.1 Å². The van der Waals surface area contributed by atoms with E-state index in [1.165, 1.54) is 0 Å². The molecule has 1 aliphatic rings. The van der Waals surface area contributed by atoms with Crippen molar-refractivity contribution in [3.05, 3.63) is 24.0 Å². The SMILES string of the molecule is CNC(=O)c1cc(NCC2COCCO2)ccn1. The summed E-state index contributed by atoms with van der Waals surface area (Å²) in [6, 6.07) is 3.53. The summed E-state index contributed by atoms with van der Waals surface area (Å²) >= 11 is 0. The van der Waals surface area contributed by atoms with Gasteiger partial charge in [-0.15, -0.1) is 0 Å². The van der Waals surface area contributed by atoms with Crippen LogP contribution in [-0.2, 0) is 9.47 Å². The number of amides is 1. The summed E-state index contributed by atoms with van der Waals surface area (Å²) < 4.78 is 10.8. The highest BCUT2D eigenvalue weighted by molar-refractivity contribution is 5.92. The van der Waals surface area contributed by atoms with Crippen LogP contribution in [-0.4, -0.2) is 50.4 Å². The molecule has 98 valence electrons. The minimum absolute atomic E-state index is 0.0513. The topological polar surface area (TPSA) is 72.5 Å². The van der Waals surface area contributed by atoms with E-state index in [-0.39, 0.29) is 12.0 Å². The number of nitrogens with zero attached hydrogens (tertiary/aromatic N) is 1. The fourth-order valence-corrected chi connectivity index (χ4v) is 1.68. The zero-order valence-corrected chi connectivity index (χ0v) is 10.3. The molecule has 0 bridgehead atoms. The van der Waals surface area contributed by atoms with E-state index in [0.717, 1.165) is 5.69 Å². The van der Waals surface area contributed by atoms with E-state index >= 15 is 0 Å². The van der Waals surface area contributed by atoms with Crippen molar-refractivity contribution in [2.24, 2.45) is 0 Å². The lowest BCUT2D eigenvalue weighted by molar-refractivity contribution is -0.0818. The van der Waals surface area contributed by atoms with Crippen LogP contribution < -0.4 is 10.6 Å². The van der Waals surface area contributed by atoms with Gasteiger partial charge in [-0.25, -0.2) is 0 Å². The molecule has 0 aliphatic carbocycles. The van der Waals surface area contributed by atoms with Gasteiger partial charge in [0.15, 0.2) is 0 Å². The van der Waals surface area contributed by atoms with Crippen LogP contribution in [0.2, 0.25) is 0 Å². The average Bonchev–Trinajstić information content (AvgIpc) is 2.45. The third-order valence-corrected chi connectivity index (χ3v) is 2.64. The van der Waals surface area contributed by atoms with E-state index in [9.17, 15) is 4.79 Å². The third kappa shape index (κ3) is 3.41. The van der Waals surface area contributed by atoms with Gasteiger partial charge in [0.25, 0.3) is 5.91 Å². The lowest BCUT2D eigenvalue weighted by atomic mass is 10.3. The molecule has 0 saturated carbocycles. The summed E-state index contributed by atoms with van der Waals surface area (Å²) in [6.45, 7) is 2.54. The molecule has 0 aromatic carbocycles. The predicted octanol–water partition coefficient (Wildman–Crippen LogP) is 0.268. The monoisotopic (exact) mass is 251 g/mol. The lowest BCUT2D eigenvalue weighted by Gasteiger charge is -2.23. The van der Waals surface area contributed by atoms with E-state index in [1.54, 1.807) is 19.3 Å². The molecule has 0 spiro atoms. The van der Waals surface area contributed by atoms with E-state index < -0.39 is 0 Å². The van der Waals surface area contributed by atoms with Crippen LogP contribution in [0.5, 0.6) is 0 Å². The number of carbonyl (C=O) groups excluding carboxylic acids is 1. The largest absolute Gasteiger partial charge is 0.382 e. The van der Waals surface area contributed by atoms with Gasteiger partial charge in [0.05, 0.1) is 25.9 Å². The maximum Gasteiger partial charge on any atom is 0.269 e. The first-order chi connectivity index (χ1) is 8.79. The molecule has 6 nitrogen and oxygen atoms in total. The van der Waals surface area contributed by atoms with Crippen LogP contribution in [0.3, 0.4) is 0 Å². The molecule has 6 heteroatoms. The standard InChI is InChI=1S/C12H17N3O3/c1-13-12(16)11-6-9(2-3-14-11)15-7-10-8-17-4-5-18-10/h2-3,6,10H,4-5,7-8H2,1H3,(H,13,16)(H,14,15). The second kappa shape index (κ2) is 6.32. The molecule has 1 atom stereocenters. The second-order valence-corrected chi connectivity index (χ2v) is 3.96. The molecule has 0 radical (unpaired) electrons. The van der Waals surface area contributed by atoms with Crippen molar-refractivity contribution in [1.29, 1.82) is 0 Å². The Morgan fingerprint density at radius 3 is 3.17 bits per heavy atom. The normalized spacial score (nSPS) is 19.3. The van der Waals surface area contributed by atoms with Gasteiger partial charge in [-0.2, -0.15) is 0 Å². The molecule has 1 unspecified atom stereocenters. The molecule has 1 fully saturated rings. The Balaban J connectivity index is 1.90. The zero-order valence-electron chi connectivity index (χ0n) is 10.3. The molecule has 1 saturated heterocycles. The Labute approximate surface area is 106 Å². The molecular formula is C12H17N3O3. The van der Waals surface area contributed by atoms with Crippen LogP contribution in [0.25, 0.3) is 0 Å². The molecule has 1 amide bonds. The minimum atomic E-state index is -0.198. The van der Waals surface area contributed by atoms with Crippen molar-refractivity contribution in [2.45, 2.75) is 6.10 Å². The van der Waals surface area contributed by atoms with Crippen LogP contribution in [0.4, 0.5) is 5.69 Å². The van der Waals surface area contributed by atoms with Crippen molar-refractivity contribution in [3.63, 3.8) is 0 Å². The summed E-state index contributed by atoms with van der Waals surface area (Å²) in [4.78, 5) is 15.4. The van der Waals surface area contributed by atoms with E-state index in [4.69, 9.17) is 9.47 Å². The van der Waals surface area contributed by atoms with Crippen LogP contribution in [0.15, 0.2) is 18.3 Å². The van der Waals surface area contributed by atoms with E-state index in [2.05, 4.69) is 15.6 Å². The van der Waals surface area contributed by atoms with Crippen LogP contribution in [0, 0.1) is 0 Å². The molecule has 18 heavy (non-hydrogen) atoms. The number of rotatable bonds is 4. The maximum absolute atomic E-state index is 11.4. The highest BCUT2D eigenvalue weighted by atomic mass is 16.6. The highest BCUT2D eigenvalue weighted by Gasteiger charge is 2.14. The highest BCUT2D eigenvalue weighted by Crippen LogP contribution is 2.09. The number of hydrogen-bond donors (Lipinski definition) is 2. The summed E-state index contributed by atoms with van der Waals surface area (Å²) in [6.07, 6.45) is 1.65. The molecule has 1 aromatic heterocycles. The maximum atomic E-state index is 11.4. The number of nitrogens with one attached hydrogen (secondary N) is 2. The number of pyridine rings is 1. The number of ether oxygens (including phenoxy) is 2. The molecule has 1 aliphatic heterocycles. The van der Waals surface area contributed by atoms with Gasteiger partial charge < -0.3 is 20.1 Å². The molecule has 1 aromatic rings. The van der Waals surface area contributed by atoms with Gasteiger partial charge >= 0.3 is 0 Å². The Morgan fingerprint density at radius 2 is 2.44 bits per heavy atom. The molecule has 2 N–H and O–H groups in total. The Kier molecular flexibility index (Phi) is 4.49. The molecular weight excluding hydrogens is 234 g/mol. The third-order valence-electron chi connectivity index (χ3n) is 2.64. The van der Waals surface area contributed by atoms with Crippen molar-refractivity contribution in [1.82, 2.24) is 10.3 Å². The Hall–Kier alpha value is -1.66. The van der Waals surface area contributed by atoms with Crippen molar-refractivity contribution in [2.75, 3.05) is 38.7 Å². The van der Waals surface area contributed by atoms with E-state index in [1.807, 2.05) is 6.07 Å². The quantitative estimate of drug-likeness (QED) is 0.803. The first-order valence-corrected chi connectivity index (χ1v) is 5.91. The fourth-order valence-electron chi connectivity index (χ4n) is 1.68. The summed E-state index contributed by atoms with van der Waals surface area (Å²) in [5, 5.41) is 5.75. The smallest absolute Gasteiger partial charge is 0.269 e. The van der Waals surface area contributed by atoms with Gasteiger partial charge in [0.1, 0.15) is 5.69 Å². The van der Waals surface area contributed by atoms with Crippen molar-refractivity contribution in [3.8, 4) is 0 Å². The van der Waals surface area contributed by atoms with Gasteiger partial charge in [0, 0.05) is 25.5 Å². The fraction of sp³-hybridized carbons (Fsp3) is 0.500. The van der Waals surface area contributed by atoms with Gasteiger partial charge in [-0.1, -0.05) is 0 Å². The van der Waals surface area contributed by atoms with Crippen LogP contribution >= 0.6 is 0 Å². The Bertz CT molecular complexity index is 405. The number of hydrogen-bond acceptors (Lipinski definition) is 5.